The van der Waals surface area contributed by atoms with Crippen molar-refractivity contribution in [2.24, 2.45) is 0 Å². The van der Waals surface area contributed by atoms with E-state index in [0.29, 0.717) is 19.1 Å². The zero-order chi connectivity index (χ0) is 22.2. The Bertz CT molecular complexity index is 816. The number of para-hydroxylation sites is 2. The summed E-state index contributed by atoms with van der Waals surface area (Å²) in [6.45, 7) is 10.5. The molecule has 0 saturated carbocycles. The first-order valence-electron chi connectivity index (χ1n) is 11.1. The van der Waals surface area contributed by atoms with Crippen LogP contribution >= 0.6 is 0 Å². The number of hydrogen-bond acceptors (Lipinski definition) is 6. The molecule has 2 aromatic rings. The Morgan fingerprint density at radius 2 is 1.35 bits per heavy atom. The third-order valence-electron chi connectivity index (χ3n) is 5.81. The molecule has 1 fully saturated rings. The molecule has 1 aliphatic heterocycles. The first-order chi connectivity index (χ1) is 14.9. The minimum Gasteiger partial charge on any atom is -0.491 e. The van der Waals surface area contributed by atoms with Crippen molar-refractivity contribution < 1.29 is 19.7 Å². The maximum atomic E-state index is 10.4. The number of ether oxygens (including phenoxy) is 2. The lowest BCUT2D eigenvalue weighted by atomic mass is 10.1. The fourth-order valence-electron chi connectivity index (χ4n) is 3.99. The Balaban J connectivity index is 1.37. The van der Waals surface area contributed by atoms with Crippen LogP contribution in [0.5, 0.6) is 11.5 Å². The summed E-state index contributed by atoms with van der Waals surface area (Å²) >= 11 is 0. The largest absolute Gasteiger partial charge is 0.491 e. The number of β-amino-alcohol motifs (C(OH)–C–C–N with tert-alkyl or cyclic N) is 2. The zero-order valence-corrected chi connectivity index (χ0v) is 18.9. The van der Waals surface area contributed by atoms with E-state index >= 15 is 0 Å². The summed E-state index contributed by atoms with van der Waals surface area (Å²) in [4.78, 5) is 4.56. The third-order valence-corrected chi connectivity index (χ3v) is 5.81. The summed E-state index contributed by atoms with van der Waals surface area (Å²) in [5.41, 5.74) is 2.14. The number of aryl methyl sites for hydroxylation is 2. The van der Waals surface area contributed by atoms with E-state index in [4.69, 9.17) is 9.47 Å². The Hall–Kier alpha value is -2.12. The highest BCUT2D eigenvalue weighted by Gasteiger charge is 2.26. The van der Waals surface area contributed by atoms with Gasteiger partial charge in [-0.3, -0.25) is 9.80 Å². The van der Waals surface area contributed by atoms with Gasteiger partial charge in [0.15, 0.2) is 0 Å². The Morgan fingerprint density at radius 1 is 0.839 bits per heavy atom. The molecule has 0 unspecified atom stereocenters. The van der Waals surface area contributed by atoms with Crippen LogP contribution in [-0.4, -0.2) is 84.2 Å². The molecule has 0 aromatic heterocycles. The lowest BCUT2D eigenvalue weighted by molar-refractivity contribution is 0.00235. The van der Waals surface area contributed by atoms with Crippen LogP contribution in [0.1, 0.15) is 18.1 Å². The number of piperazine rings is 1. The summed E-state index contributed by atoms with van der Waals surface area (Å²) in [7, 11) is 0. The molecule has 6 heteroatoms. The van der Waals surface area contributed by atoms with E-state index in [2.05, 4.69) is 16.7 Å². The lowest BCUT2D eigenvalue weighted by Crippen LogP contribution is -2.55. The molecule has 6 nitrogen and oxygen atoms in total. The van der Waals surface area contributed by atoms with Crippen molar-refractivity contribution in [3.63, 3.8) is 0 Å². The van der Waals surface area contributed by atoms with Gasteiger partial charge in [-0.25, -0.2) is 0 Å². The van der Waals surface area contributed by atoms with Crippen LogP contribution in [0.3, 0.4) is 0 Å². The summed E-state index contributed by atoms with van der Waals surface area (Å²) in [5, 5.41) is 20.9. The van der Waals surface area contributed by atoms with E-state index in [1.807, 2.05) is 62.4 Å². The van der Waals surface area contributed by atoms with Crippen LogP contribution < -0.4 is 9.47 Å². The second-order valence-electron chi connectivity index (χ2n) is 8.56. The van der Waals surface area contributed by atoms with Gasteiger partial charge in [0.25, 0.3) is 0 Å². The van der Waals surface area contributed by atoms with E-state index in [-0.39, 0.29) is 13.2 Å². The molecule has 0 spiro atoms. The molecule has 2 aromatic carbocycles. The second kappa shape index (κ2) is 11.5. The minimum absolute atomic E-state index is 0.284. The van der Waals surface area contributed by atoms with Gasteiger partial charge >= 0.3 is 0 Å². The molecule has 170 valence electrons. The SMILES string of the molecule is Cc1ccccc1OC[C@@H](O)CN1CCN(C[C@@H](O)COc2ccccc2C)C[C@H]1C. The number of aliphatic hydroxyl groups is 2. The summed E-state index contributed by atoms with van der Waals surface area (Å²) in [6.07, 6.45) is -1.08. The Kier molecular flexibility index (Phi) is 8.72. The van der Waals surface area contributed by atoms with Crippen LogP contribution in [0.4, 0.5) is 0 Å². The highest BCUT2D eigenvalue weighted by atomic mass is 16.5. The zero-order valence-electron chi connectivity index (χ0n) is 18.9. The molecule has 2 N–H and O–H groups in total. The number of hydrogen-bond donors (Lipinski definition) is 2. The number of nitrogens with zero attached hydrogens (tertiary/aromatic N) is 2. The maximum absolute atomic E-state index is 10.4. The van der Waals surface area contributed by atoms with Crippen LogP contribution in [0.15, 0.2) is 48.5 Å². The van der Waals surface area contributed by atoms with Crippen molar-refractivity contribution in [2.45, 2.75) is 39.0 Å². The predicted octanol–water partition coefficient (Wildman–Crippen LogP) is 2.49. The lowest BCUT2D eigenvalue weighted by Gasteiger charge is -2.41. The summed E-state index contributed by atoms with van der Waals surface area (Å²) in [6, 6.07) is 16.0. The highest BCUT2D eigenvalue weighted by Crippen LogP contribution is 2.18. The first-order valence-corrected chi connectivity index (χ1v) is 11.1. The quantitative estimate of drug-likeness (QED) is 0.606. The van der Waals surface area contributed by atoms with Crippen molar-refractivity contribution in [2.75, 3.05) is 45.9 Å². The number of rotatable bonds is 10. The van der Waals surface area contributed by atoms with Crippen LogP contribution in [0.25, 0.3) is 0 Å². The normalized spacial score (nSPS) is 19.7. The Morgan fingerprint density at radius 3 is 1.87 bits per heavy atom. The van der Waals surface area contributed by atoms with Gasteiger partial charge in [-0.05, 0) is 44.0 Å². The van der Waals surface area contributed by atoms with E-state index in [9.17, 15) is 10.2 Å². The molecular formula is C25H36N2O4. The molecule has 0 aliphatic carbocycles. The Labute approximate surface area is 186 Å². The van der Waals surface area contributed by atoms with Gasteiger partial charge in [0.05, 0.1) is 0 Å². The monoisotopic (exact) mass is 428 g/mol. The van der Waals surface area contributed by atoms with E-state index in [0.717, 1.165) is 42.3 Å². The van der Waals surface area contributed by atoms with Crippen molar-refractivity contribution in [1.29, 1.82) is 0 Å². The molecular weight excluding hydrogens is 392 g/mol. The van der Waals surface area contributed by atoms with Gasteiger partial charge in [0, 0.05) is 38.8 Å². The topological polar surface area (TPSA) is 65.4 Å². The molecule has 3 atom stereocenters. The van der Waals surface area contributed by atoms with Crippen molar-refractivity contribution in [3.8, 4) is 11.5 Å². The van der Waals surface area contributed by atoms with Crippen molar-refractivity contribution in [3.05, 3.63) is 59.7 Å². The molecule has 3 rings (SSSR count). The predicted molar refractivity (Wildman–Crippen MR) is 123 cm³/mol. The van der Waals surface area contributed by atoms with Crippen molar-refractivity contribution >= 4 is 0 Å². The van der Waals surface area contributed by atoms with E-state index in [1.165, 1.54) is 0 Å². The van der Waals surface area contributed by atoms with Gasteiger partial charge in [-0.2, -0.15) is 0 Å². The van der Waals surface area contributed by atoms with Gasteiger partial charge in [0.2, 0.25) is 0 Å². The van der Waals surface area contributed by atoms with Gasteiger partial charge in [-0.1, -0.05) is 36.4 Å². The number of benzene rings is 2. The minimum atomic E-state index is -0.540. The fraction of sp³-hybridized carbons (Fsp3) is 0.520. The average Bonchev–Trinajstić information content (AvgIpc) is 2.74. The smallest absolute Gasteiger partial charge is 0.122 e. The number of aliphatic hydroxyl groups excluding tert-OH is 2. The molecule has 1 saturated heterocycles. The third kappa shape index (κ3) is 7.21. The molecule has 1 aliphatic rings. The second-order valence-corrected chi connectivity index (χ2v) is 8.56. The van der Waals surface area contributed by atoms with Crippen LogP contribution in [0.2, 0.25) is 0 Å². The average molecular weight is 429 g/mol. The van der Waals surface area contributed by atoms with E-state index < -0.39 is 12.2 Å². The van der Waals surface area contributed by atoms with E-state index in [1.54, 1.807) is 0 Å². The first kappa shape index (κ1) is 23.5. The fourth-order valence-corrected chi connectivity index (χ4v) is 3.99. The molecule has 31 heavy (non-hydrogen) atoms. The van der Waals surface area contributed by atoms with Gasteiger partial charge in [-0.15, -0.1) is 0 Å². The van der Waals surface area contributed by atoms with Gasteiger partial charge in [0.1, 0.15) is 36.9 Å². The van der Waals surface area contributed by atoms with Crippen molar-refractivity contribution in [1.82, 2.24) is 9.80 Å². The summed E-state index contributed by atoms with van der Waals surface area (Å²) < 4.78 is 11.6. The molecule has 0 amide bonds. The maximum Gasteiger partial charge on any atom is 0.122 e. The molecule has 0 bridgehead atoms. The highest BCUT2D eigenvalue weighted by molar-refractivity contribution is 5.32. The molecule has 1 heterocycles. The van der Waals surface area contributed by atoms with Crippen LogP contribution in [0, 0.1) is 13.8 Å². The standard InChI is InChI=1S/C25H36N2O4/c1-19-8-4-6-10-24(19)30-17-22(28)15-26-12-13-27(21(3)14-26)16-23(29)18-31-25-11-7-5-9-20(25)2/h4-11,21-23,28-29H,12-18H2,1-3H3/t21-,22-,23+/m1/s1. The van der Waals surface area contributed by atoms with Crippen LogP contribution in [-0.2, 0) is 0 Å². The molecule has 0 radical (unpaired) electrons. The summed E-state index contributed by atoms with van der Waals surface area (Å²) in [5.74, 6) is 1.64. The van der Waals surface area contributed by atoms with Gasteiger partial charge < -0.3 is 19.7 Å².